The highest BCUT2D eigenvalue weighted by Crippen LogP contribution is 2.37. The number of nitrogens with zero attached hydrogens (tertiary/aromatic N) is 2. The van der Waals surface area contributed by atoms with E-state index in [0.29, 0.717) is 0 Å². The maximum absolute atomic E-state index is 10.9. The molecule has 1 N–H and O–H groups in total. The van der Waals surface area contributed by atoms with Gasteiger partial charge in [-0.3, -0.25) is 10.1 Å². The van der Waals surface area contributed by atoms with Gasteiger partial charge >= 0.3 is 5.69 Å². The van der Waals surface area contributed by atoms with Crippen LogP contribution in [0, 0.1) is 10.1 Å². The first-order chi connectivity index (χ1) is 9.48. The maximum Gasteiger partial charge on any atom is 0.311 e. The zero-order valence-corrected chi connectivity index (χ0v) is 12.2. The molecule has 1 fully saturated rings. The molecule has 1 aromatic rings. The van der Waals surface area contributed by atoms with Gasteiger partial charge in [0, 0.05) is 29.9 Å². The van der Waals surface area contributed by atoms with Crippen LogP contribution < -0.4 is 10.1 Å². The van der Waals surface area contributed by atoms with E-state index in [-0.39, 0.29) is 17.0 Å². The number of ether oxygens (including phenoxy) is 1. The first-order valence-electron chi connectivity index (χ1n) is 6.72. The Bertz CT molecular complexity index is 498. The summed E-state index contributed by atoms with van der Waals surface area (Å²) in [4.78, 5) is 12.7. The Morgan fingerprint density at radius 3 is 2.60 bits per heavy atom. The summed E-state index contributed by atoms with van der Waals surface area (Å²) in [6.07, 6.45) is 3.61. The molecule has 0 saturated heterocycles. The van der Waals surface area contributed by atoms with Crippen LogP contribution in [-0.4, -0.2) is 43.1 Å². The number of hydrogen-bond donors (Lipinski definition) is 1. The van der Waals surface area contributed by atoms with E-state index in [4.69, 9.17) is 4.74 Å². The number of anilines is 1. The SMILES string of the molecule is COc1cc(NCC2(N(C)C)CCC2)ccc1[N+](=O)[O-]. The first kappa shape index (κ1) is 14.6. The predicted molar refractivity (Wildman–Crippen MR) is 78.4 cm³/mol. The second kappa shape index (κ2) is 5.66. The Balaban J connectivity index is 2.08. The third-order valence-corrected chi connectivity index (χ3v) is 4.23. The lowest BCUT2D eigenvalue weighted by atomic mass is 9.75. The average Bonchev–Trinajstić information content (AvgIpc) is 2.36. The summed E-state index contributed by atoms with van der Waals surface area (Å²) in [5, 5.41) is 14.2. The molecule has 0 bridgehead atoms. The number of nitro groups is 1. The van der Waals surface area contributed by atoms with Gasteiger partial charge in [0.1, 0.15) is 0 Å². The van der Waals surface area contributed by atoms with Crippen molar-refractivity contribution in [2.45, 2.75) is 24.8 Å². The molecule has 20 heavy (non-hydrogen) atoms. The van der Waals surface area contributed by atoms with Crippen molar-refractivity contribution in [3.63, 3.8) is 0 Å². The Hall–Kier alpha value is -1.82. The van der Waals surface area contributed by atoms with Gasteiger partial charge in [-0.05, 0) is 39.4 Å². The highest BCUT2D eigenvalue weighted by molar-refractivity contribution is 5.58. The van der Waals surface area contributed by atoms with Crippen molar-refractivity contribution < 1.29 is 9.66 Å². The highest BCUT2D eigenvalue weighted by Gasteiger charge is 2.38. The molecule has 1 aromatic carbocycles. The van der Waals surface area contributed by atoms with Gasteiger partial charge in [-0.2, -0.15) is 0 Å². The summed E-state index contributed by atoms with van der Waals surface area (Å²) < 4.78 is 5.07. The lowest BCUT2D eigenvalue weighted by molar-refractivity contribution is -0.385. The van der Waals surface area contributed by atoms with E-state index in [1.165, 1.54) is 32.4 Å². The number of nitro benzene ring substituents is 1. The molecule has 0 spiro atoms. The van der Waals surface area contributed by atoms with Crippen LogP contribution in [0.1, 0.15) is 19.3 Å². The molecule has 2 rings (SSSR count). The van der Waals surface area contributed by atoms with Crippen molar-refractivity contribution in [2.24, 2.45) is 0 Å². The van der Waals surface area contributed by atoms with E-state index in [0.717, 1.165) is 12.2 Å². The molecule has 1 saturated carbocycles. The quantitative estimate of drug-likeness (QED) is 0.640. The van der Waals surface area contributed by atoms with E-state index in [1.54, 1.807) is 12.1 Å². The van der Waals surface area contributed by atoms with Crippen LogP contribution in [0.4, 0.5) is 11.4 Å². The summed E-state index contributed by atoms with van der Waals surface area (Å²) in [5.41, 5.74) is 1.04. The van der Waals surface area contributed by atoms with Crippen LogP contribution >= 0.6 is 0 Å². The van der Waals surface area contributed by atoms with E-state index in [1.807, 2.05) is 0 Å². The van der Waals surface area contributed by atoms with Crippen molar-refractivity contribution in [1.82, 2.24) is 4.90 Å². The minimum atomic E-state index is -0.435. The molecule has 0 unspecified atom stereocenters. The largest absolute Gasteiger partial charge is 0.490 e. The van der Waals surface area contributed by atoms with Crippen LogP contribution in [-0.2, 0) is 0 Å². The molecular weight excluding hydrogens is 258 g/mol. The molecular formula is C14H21N3O3. The van der Waals surface area contributed by atoms with Crippen LogP contribution in [0.2, 0.25) is 0 Å². The van der Waals surface area contributed by atoms with Gasteiger partial charge in [0.2, 0.25) is 0 Å². The monoisotopic (exact) mass is 279 g/mol. The van der Waals surface area contributed by atoms with Crippen molar-refractivity contribution in [1.29, 1.82) is 0 Å². The minimum Gasteiger partial charge on any atom is -0.490 e. The Labute approximate surface area is 118 Å². The van der Waals surface area contributed by atoms with Crippen molar-refractivity contribution >= 4 is 11.4 Å². The summed E-state index contributed by atoms with van der Waals surface area (Å²) in [6.45, 7) is 0.834. The molecule has 0 aromatic heterocycles. The molecule has 1 aliphatic rings. The number of benzene rings is 1. The van der Waals surface area contributed by atoms with Gasteiger partial charge in [0.25, 0.3) is 0 Å². The number of rotatable bonds is 6. The van der Waals surface area contributed by atoms with Crippen LogP contribution in [0.5, 0.6) is 5.75 Å². The van der Waals surface area contributed by atoms with Gasteiger partial charge < -0.3 is 15.0 Å². The lowest BCUT2D eigenvalue weighted by Crippen LogP contribution is -2.54. The molecule has 6 nitrogen and oxygen atoms in total. The van der Waals surface area contributed by atoms with Crippen molar-refractivity contribution in [2.75, 3.05) is 33.1 Å². The van der Waals surface area contributed by atoms with E-state index >= 15 is 0 Å². The van der Waals surface area contributed by atoms with Crippen LogP contribution in [0.3, 0.4) is 0 Å². The fourth-order valence-corrected chi connectivity index (χ4v) is 2.57. The fraction of sp³-hybridized carbons (Fsp3) is 0.571. The normalized spacial score (nSPS) is 16.6. The summed E-state index contributed by atoms with van der Waals surface area (Å²) in [6, 6.07) is 4.88. The maximum atomic E-state index is 10.9. The summed E-state index contributed by atoms with van der Waals surface area (Å²) in [7, 11) is 5.63. The number of nitrogens with one attached hydrogen (secondary N) is 1. The molecule has 0 aliphatic heterocycles. The zero-order valence-electron chi connectivity index (χ0n) is 12.2. The predicted octanol–water partition coefficient (Wildman–Crippen LogP) is 2.50. The van der Waals surface area contributed by atoms with E-state index in [2.05, 4.69) is 24.3 Å². The van der Waals surface area contributed by atoms with E-state index < -0.39 is 4.92 Å². The third-order valence-electron chi connectivity index (χ3n) is 4.23. The average molecular weight is 279 g/mol. The number of hydrogen-bond acceptors (Lipinski definition) is 5. The van der Waals surface area contributed by atoms with Gasteiger partial charge in [-0.15, -0.1) is 0 Å². The van der Waals surface area contributed by atoms with Gasteiger partial charge in [0.15, 0.2) is 5.75 Å². The Morgan fingerprint density at radius 1 is 1.45 bits per heavy atom. The molecule has 6 heteroatoms. The molecule has 0 radical (unpaired) electrons. The van der Waals surface area contributed by atoms with Gasteiger partial charge in [-0.1, -0.05) is 0 Å². The van der Waals surface area contributed by atoms with Gasteiger partial charge in [-0.25, -0.2) is 0 Å². The van der Waals surface area contributed by atoms with Crippen LogP contribution in [0.25, 0.3) is 0 Å². The topological polar surface area (TPSA) is 67.6 Å². The first-order valence-corrected chi connectivity index (χ1v) is 6.72. The second-order valence-electron chi connectivity index (χ2n) is 5.47. The number of likely N-dealkylation sites (N-methyl/N-ethyl adjacent to an activating group) is 1. The van der Waals surface area contributed by atoms with Crippen LogP contribution in [0.15, 0.2) is 18.2 Å². The standard InChI is InChI=1S/C14H21N3O3/c1-16(2)14(7-4-8-14)10-15-11-5-6-12(17(18)19)13(9-11)20-3/h5-6,9,15H,4,7-8,10H2,1-3H3. The molecule has 0 amide bonds. The zero-order chi connectivity index (χ0) is 14.8. The lowest BCUT2D eigenvalue weighted by Gasteiger charge is -2.47. The minimum absolute atomic E-state index is 0.0102. The number of methoxy groups -OCH3 is 1. The second-order valence-corrected chi connectivity index (χ2v) is 5.47. The fourth-order valence-electron chi connectivity index (χ4n) is 2.57. The summed E-state index contributed by atoms with van der Waals surface area (Å²) in [5.74, 6) is 0.285. The smallest absolute Gasteiger partial charge is 0.311 e. The van der Waals surface area contributed by atoms with E-state index in [9.17, 15) is 10.1 Å². The molecule has 0 heterocycles. The third kappa shape index (κ3) is 2.70. The Kier molecular flexibility index (Phi) is 4.13. The molecule has 110 valence electrons. The molecule has 1 aliphatic carbocycles. The van der Waals surface area contributed by atoms with Crippen molar-refractivity contribution in [3.8, 4) is 5.75 Å². The molecule has 0 atom stereocenters. The van der Waals surface area contributed by atoms with Crippen molar-refractivity contribution in [3.05, 3.63) is 28.3 Å². The highest BCUT2D eigenvalue weighted by atomic mass is 16.6. The van der Waals surface area contributed by atoms with Gasteiger partial charge in [0.05, 0.1) is 12.0 Å². The summed E-state index contributed by atoms with van der Waals surface area (Å²) >= 11 is 0. The Morgan fingerprint density at radius 2 is 2.15 bits per heavy atom.